The lowest BCUT2D eigenvalue weighted by Gasteiger charge is -2.43. The Morgan fingerprint density at radius 3 is 2.38 bits per heavy atom. The maximum absolute atomic E-state index is 13.4. The average molecular weight is 759 g/mol. The maximum atomic E-state index is 13.4. The summed E-state index contributed by atoms with van der Waals surface area (Å²) in [7, 11) is 14.5. The van der Waals surface area contributed by atoms with Crippen molar-refractivity contribution in [3.05, 3.63) is 77.5 Å². The van der Waals surface area contributed by atoms with Gasteiger partial charge >= 0.3 is 0 Å². The summed E-state index contributed by atoms with van der Waals surface area (Å²) >= 11 is 0. The van der Waals surface area contributed by atoms with E-state index >= 15 is 0 Å². The third-order valence-corrected chi connectivity index (χ3v) is 10.8. The number of benzene rings is 1. The smallest absolute Gasteiger partial charge is 0.255 e. The Morgan fingerprint density at radius 1 is 1.00 bits per heavy atom. The van der Waals surface area contributed by atoms with Gasteiger partial charge in [0.25, 0.3) is 5.91 Å². The van der Waals surface area contributed by atoms with Crippen LogP contribution >= 0.6 is 0 Å². The Labute approximate surface area is 329 Å². The number of fused-ring (bicyclic) bond motifs is 3. The fraction of sp³-hybridized carbons (Fsp3) is 0.463. The number of hydrogen-bond donors (Lipinski definition) is 4. The quantitative estimate of drug-likeness (QED) is 0.123. The van der Waals surface area contributed by atoms with Gasteiger partial charge in [-0.1, -0.05) is 25.1 Å². The van der Waals surface area contributed by atoms with Gasteiger partial charge < -0.3 is 30.9 Å². The van der Waals surface area contributed by atoms with Crippen LogP contribution in [0.4, 0.5) is 22.9 Å². The Kier molecular flexibility index (Phi) is 11.3. The number of hydrogen-bond acceptors (Lipinski definition) is 11. The lowest BCUT2D eigenvalue weighted by molar-refractivity contribution is -0.117. The fourth-order valence-electron chi connectivity index (χ4n) is 7.60. The van der Waals surface area contributed by atoms with Crippen LogP contribution in [0.5, 0.6) is 0 Å². The van der Waals surface area contributed by atoms with Crippen molar-refractivity contribution in [1.29, 1.82) is 0 Å². The maximum Gasteiger partial charge on any atom is 0.255 e. The summed E-state index contributed by atoms with van der Waals surface area (Å²) in [6, 6.07) is 13.0. The van der Waals surface area contributed by atoms with E-state index in [0.29, 0.717) is 49.3 Å². The lowest BCUT2D eigenvalue weighted by Crippen LogP contribution is -2.51. The molecule has 2 atom stereocenters. The van der Waals surface area contributed by atoms with E-state index < -0.39 is 5.62 Å². The number of aliphatic hydroxyl groups is 1. The molecule has 2 radical (unpaired) electrons. The van der Waals surface area contributed by atoms with Crippen molar-refractivity contribution in [2.75, 3.05) is 56.8 Å². The second-order valence-corrected chi connectivity index (χ2v) is 15.7. The van der Waals surface area contributed by atoms with Crippen LogP contribution in [-0.4, -0.2) is 108 Å². The number of carbonyl (C=O) groups is 3. The highest BCUT2D eigenvalue weighted by atomic mass is 16.3. The number of amides is 2. The molecule has 8 rings (SSSR count). The van der Waals surface area contributed by atoms with E-state index in [4.69, 9.17) is 12.9 Å². The van der Waals surface area contributed by atoms with E-state index in [0.717, 1.165) is 60.3 Å². The van der Waals surface area contributed by atoms with Crippen molar-refractivity contribution in [1.82, 2.24) is 34.9 Å². The minimum Gasteiger partial charge on any atom is -0.379 e. The number of carbonyl (C=O) groups excluding carboxylic acids is 3. The van der Waals surface area contributed by atoms with Crippen LogP contribution in [0.3, 0.4) is 0 Å². The molecule has 3 fully saturated rings. The van der Waals surface area contributed by atoms with Crippen LogP contribution < -0.4 is 20.9 Å². The number of nitrogens with zero attached hydrogens (tertiary/aromatic N) is 7. The highest BCUT2D eigenvalue weighted by molar-refractivity contribution is 6.14. The average Bonchev–Trinajstić information content (AvgIpc) is 4.13. The van der Waals surface area contributed by atoms with E-state index in [2.05, 4.69) is 55.5 Å². The van der Waals surface area contributed by atoms with E-state index in [1.165, 1.54) is 6.20 Å². The van der Waals surface area contributed by atoms with Gasteiger partial charge in [0.05, 0.1) is 52.3 Å². The number of aromatic nitrogens is 4. The topological polar surface area (TPSA) is 161 Å². The molecular weight excluding hydrogens is 707 g/mol. The first-order valence-electron chi connectivity index (χ1n) is 19.5. The van der Waals surface area contributed by atoms with Gasteiger partial charge in [0.15, 0.2) is 6.29 Å². The molecule has 0 spiro atoms. The van der Waals surface area contributed by atoms with Crippen molar-refractivity contribution >= 4 is 48.8 Å². The first-order chi connectivity index (χ1) is 26.9. The van der Waals surface area contributed by atoms with E-state index in [9.17, 15) is 19.5 Å². The summed E-state index contributed by atoms with van der Waals surface area (Å²) in [5.74, 6) is 0.176. The molecule has 4 aliphatic rings. The summed E-state index contributed by atoms with van der Waals surface area (Å²) in [5.41, 5.74) is 4.65. The SMILES string of the molecule is CN(C)C.[B]C(O)(c1cccc(C=O)n1)N1CCC(n2ncc3c2C(CC)N(C)c2c(Nc4cc(NC(=O)C5CC5)ncc4C(=O)NC4CC4)cccc2-3)CC1. The number of piperidine rings is 1. The minimum atomic E-state index is -1.81. The van der Waals surface area contributed by atoms with Crippen LogP contribution in [0.1, 0.15) is 96.2 Å². The van der Waals surface area contributed by atoms with Crippen molar-refractivity contribution in [3.63, 3.8) is 0 Å². The molecule has 2 saturated carbocycles. The zero-order valence-electron chi connectivity index (χ0n) is 32.8. The second-order valence-electron chi connectivity index (χ2n) is 15.7. The van der Waals surface area contributed by atoms with E-state index in [1.807, 2.05) is 44.4 Å². The molecule has 56 heavy (non-hydrogen) atoms. The third-order valence-electron chi connectivity index (χ3n) is 10.8. The largest absolute Gasteiger partial charge is 0.379 e. The Hall–Kier alpha value is -5.12. The molecule has 1 aromatic carbocycles. The van der Waals surface area contributed by atoms with Gasteiger partial charge in [-0.05, 0) is 84.3 Å². The van der Waals surface area contributed by atoms with Crippen molar-refractivity contribution in [2.24, 2.45) is 5.92 Å². The van der Waals surface area contributed by atoms with Crippen molar-refractivity contribution in [3.8, 4) is 11.1 Å². The first-order valence-corrected chi connectivity index (χ1v) is 19.5. The molecular formula is C41H51BN10O4. The lowest BCUT2D eigenvalue weighted by atomic mass is 9.83. The van der Waals surface area contributed by atoms with Crippen LogP contribution in [0.15, 0.2) is 54.9 Å². The molecule has 1 saturated heterocycles. The normalized spacial score (nSPS) is 19.2. The molecule has 3 aromatic heterocycles. The molecule has 2 aliphatic heterocycles. The number of aldehydes is 1. The van der Waals surface area contributed by atoms with Crippen LogP contribution in [-0.2, 0) is 10.4 Å². The summed E-state index contributed by atoms with van der Waals surface area (Å²) in [6.07, 6.45) is 10.1. The monoisotopic (exact) mass is 758 g/mol. The van der Waals surface area contributed by atoms with Gasteiger partial charge in [0.1, 0.15) is 25.0 Å². The Bertz CT molecular complexity index is 2090. The van der Waals surface area contributed by atoms with E-state index in [1.54, 1.807) is 29.2 Å². The predicted octanol–water partition coefficient (Wildman–Crippen LogP) is 4.82. The fourth-order valence-corrected chi connectivity index (χ4v) is 7.60. The molecule has 15 heteroatoms. The van der Waals surface area contributed by atoms with Crippen molar-refractivity contribution < 1.29 is 19.5 Å². The van der Waals surface area contributed by atoms with Crippen molar-refractivity contribution in [2.45, 2.75) is 75.6 Å². The van der Waals surface area contributed by atoms with Crippen LogP contribution in [0.25, 0.3) is 11.1 Å². The number of likely N-dealkylation sites (tertiary alicyclic amines) is 1. The first kappa shape index (κ1) is 39.1. The summed E-state index contributed by atoms with van der Waals surface area (Å²) in [4.78, 5) is 52.0. The zero-order chi connectivity index (χ0) is 39.7. The molecule has 14 nitrogen and oxygen atoms in total. The van der Waals surface area contributed by atoms with Gasteiger partial charge in [0.2, 0.25) is 5.91 Å². The van der Waals surface area contributed by atoms with Crippen LogP contribution in [0, 0.1) is 5.92 Å². The molecule has 0 bridgehead atoms. The molecule has 5 heterocycles. The molecule has 2 aliphatic carbocycles. The van der Waals surface area contributed by atoms with Gasteiger partial charge in [-0.2, -0.15) is 5.10 Å². The number of para-hydroxylation sites is 1. The number of anilines is 4. The number of rotatable bonds is 11. The van der Waals surface area contributed by atoms with Gasteiger partial charge in [-0.25, -0.2) is 9.97 Å². The predicted molar refractivity (Wildman–Crippen MR) is 217 cm³/mol. The number of nitrogens with one attached hydrogen (secondary N) is 3. The summed E-state index contributed by atoms with van der Waals surface area (Å²) < 4.78 is 2.15. The molecule has 292 valence electrons. The standard InChI is InChI=1S/C38H42BN9O4.C3H9N/c1-3-31-35-27(20-41-48(35)25-14-16-47(17-15-25)38(39,52)32-9-4-6-24(21-49)42-32)26-7-5-8-29(34(26)46(31)2)44-30-18-33(45-36(50)22-10-11-22)40-19-28(30)37(51)43-23-12-13-23;1-4(2)3/h4-9,18-23,25,31,52H,3,10-17H2,1-2H3,(H,43,51)(H2,40,44,45,50);1-3H3. The molecule has 4 N–H and O–H groups in total. The Morgan fingerprint density at radius 2 is 1.71 bits per heavy atom. The summed E-state index contributed by atoms with van der Waals surface area (Å²) in [6.45, 7) is 3.20. The van der Waals surface area contributed by atoms with Gasteiger partial charge in [-0.3, -0.25) is 24.0 Å². The molecule has 4 aromatic rings. The third kappa shape index (κ3) is 8.20. The van der Waals surface area contributed by atoms with Gasteiger partial charge in [-0.15, -0.1) is 0 Å². The highest BCUT2D eigenvalue weighted by Gasteiger charge is 2.39. The molecule has 2 unspecified atom stereocenters. The summed E-state index contributed by atoms with van der Waals surface area (Å²) in [5, 5.41) is 25.8. The number of pyridine rings is 2. The van der Waals surface area contributed by atoms with Crippen LogP contribution in [0.2, 0.25) is 0 Å². The highest BCUT2D eigenvalue weighted by Crippen LogP contribution is 2.50. The zero-order valence-corrected chi connectivity index (χ0v) is 32.8. The van der Waals surface area contributed by atoms with Gasteiger partial charge in [0, 0.05) is 55.5 Å². The van der Waals surface area contributed by atoms with E-state index in [-0.39, 0.29) is 47.2 Å². The Balaban J connectivity index is 0.00000115. The second kappa shape index (κ2) is 16.2. The minimum absolute atomic E-state index is 0.0103. The molecule has 2 amide bonds.